The minimum absolute atomic E-state index is 0.161. The molecular weight excluding hydrogens is 392 g/mol. The number of para-hydroxylation sites is 1. The summed E-state index contributed by atoms with van der Waals surface area (Å²) in [6, 6.07) is 12.5. The SMILES string of the molecule is Cc1ccc(CN2CCCC2)cc1C1=Nc2c(cccc2C(=O)Nc2nccs2)C1. The molecule has 2 aliphatic heterocycles. The van der Waals surface area contributed by atoms with E-state index in [1.54, 1.807) is 6.20 Å². The van der Waals surface area contributed by atoms with Crippen LogP contribution in [0.5, 0.6) is 0 Å². The lowest BCUT2D eigenvalue weighted by Crippen LogP contribution is -2.18. The summed E-state index contributed by atoms with van der Waals surface area (Å²) in [6.45, 7) is 5.51. The molecule has 1 aromatic heterocycles. The average molecular weight is 417 g/mol. The molecule has 1 saturated heterocycles. The van der Waals surface area contributed by atoms with E-state index in [1.807, 2.05) is 17.5 Å². The van der Waals surface area contributed by atoms with Crippen LogP contribution in [0.2, 0.25) is 0 Å². The molecular formula is C24H24N4OS. The highest BCUT2D eigenvalue weighted by atomic mass is 32.1. The highest BCUT2D eigenvalue weighted by molar-refractivity contribution is 7.13. The van der Waals surface area contributed by atoms with Gasteiger partial charge in [0.2, 0.25) is 0 Å². The van der Waals surface area contributed by atoms with Gasteiger partial charge in [-0.2, -0.15) is 0 Å². The summed E-state index contributed by atoms with van der Waals surface area (Å²) in [5, 5.41) is 5.33. The summed E-state index contributed by atoms with van der Waals surface area (Å²) < 4.78 is 0. The van der Waals surface area contributed by atoms with Crippen molar-refractivity contribution in [1.29, 1.82) is 0 Å². The molecule has 152 valence electrons. The van der Waals surface area contributed by atoms with E-state index in [0.717, 1.165) is 29.9 Å². The second-order valence-electron chi connectivity index (χ2n) is 7.97. The van der Waals surface area contributed by atoms with Gasteiger partial charge >= 0.3 is 0 Å². The second kappa shape index (κ2) is 8.13. The van der Waals surface area contributed by atoms with Gasteiger partial charge in [-0.15, -0.1) is 11.3 Å². The van der Waals surface area contributed by atoms with Crippen molar-refractivity contribution in [3.8, 4) is 0 Å². The number of fused-ring (bicyclic) bond motifs is 1. The lowest BCUT2D eigenvalue weighted by atomic mass is 9.97. The third-order valence-corrected chi connectivity index (χ3v) is 6.53. The van der Waals surface area contributed by atoms with Crippen molar-refractivity contribution in [2.75, 3.05) is 18.4 Å². The van der Waals surface area contributed by atoms with Crippen molar-refractivity contribution in [3.63, 3.8) is 0 Å². The van der Waals surface area contributed by atoms with Crippen molar-refractivity contribution >= 4 is 33.8 Å². The summed E-state index contributed by atoms with van der Waals surface area (Å²) in [5.41, 5.74) is 7.27. The molecule has 0 saturated carbocycles. The Morgan fingerprint density at radius 2 is 2.07 bits per heavy atom. The number of carbonyl (C=O) groups excluding carboxylic acids is 1. The fourth-order valence-corrected chi connectivity index (χ4v) is 4.81. The van der Waals surface area contributed by atoms with Gasteiger partial charge in [0.15, 0.2) is 5.13 Å². The maximum absolute atomic E-state index is 12.8. The Morgan fingerprint density at radius 3 is 2.87 bits per heavy atom. The van der Waals surface area contributed by atoms with Crippen LogP contribution in [0.25, 0.3) is 0 Å². The largest absolute Gasteiger partial charge is 0.299 e. The highest BCUT2D eigenvalue weighted by Crippen LogP contribution is 2.34. The Bertz CT molecular complexity index is 1110. The molecule has 1 N–H and O–H groups in total. The normalized spacial score (nSPS) is 15.8. The minimum atomic E-state index is -0.161. The maximum atomic E-state index is 12.8. The molecule has 0 radical (unpaired) electrons. The lowest BCUT2D eigenvalue weighted by molar-refractivity contribution is 0.102. The zero-order chi connectivity index (χ0) is 20.5. The Kier molecular flexibility index (Phi) is 5.19. The summed E-state index contributed by atoms with van der Waals surface area (Å²) in [5.74, 6) is -0.161. The predicted molar refractivity (Wildman–Crippen MR) is 122 cm³/mol. The number of hydrogen-bond acceptors (Lipinski definition) is 5. The predicted octanol–water partition coefficient (Wildman–Crippen LogP) is 4.98. The van der Waals surface area contributed by atoms with Gasteiger partial charge in [0.1, 0.15) is 0 Å². The molecule has 1 fully saturated rings. The Balaban J connectivity index is 1.43. The van der Waals surface area contributed by atoms with Crippen molar-refractivity contribution in [1.82, 2.24) is 9.88 Å². The summed E-state index contributed by atoms with van der Waals surface area (Å²) >= 11 is 1.41. The molecule has 30 heavy (non-hydrogen) atoms. The van der Waals surface area contributed by atoms with Gasteiger partial charge in [-0.1, -0.05) is 24.3 Å². The number of aryl methyl sites for hydroxylation is 1. The molecule has 0 spiro atoms. The highest BCUT2D eigenvalue weighted by Gasteiger charge is 2.23. The van der Waals surface area contributed by atoms with Crippen molar-refractivity contribution in [2.24, 2.45) is 4.99 Å². The third kappa shape index (κ3) is 3.80. The molecule has 1 amide bonds. The van der Waals surface area contributed by atoms with Crippen LogP contribution in [0, 0.1) is 6.92 Å². The molecule has 0 bridgehead atoms. The van der Waals surface area contributed by atoms with E-state index in [9.17, 15) is 4.79 Å². The van der Waals surface area contributed by atoms with Crippen LogP contribution in [-0.4, -0.2) is 34.6 Å². The number of hydrogen-bond donors (Lipinski definition) is 1. The van der Waals surface area contributed by atoms with Crippen LogP contribution >= 0.6 is 11.3 Å². The van der Waals surface area contributed by atoms with Crippen LogP contribution in [0.3, 0.4) is 0 Å². The Hall–Kier alpha value is -2.83. The third-order valence-electron chi connectivity index (χ3n) is 5.84. The number of carbonyl (C=O) groups is 1. The fraction of sp³-hybridized carbons (Fsp3) is 0.292. The van der Waals surface area contributed by atoms with Gasteiger partial charge in [-0.05, 0) is 67.2 Å². The van der Waals surface area contributed by atoms with Gasteiger partial charge in [-0.3, -0.25) is 20.0 Å². The van der Waals surface area contributed by atoms with Gasteiger partial charge in [0.25, 0.3) is 5.91 Å². The van der Waals surface area contributed by atoms with Gasteiger partial charge < -0.3 is 0 Å². The molecule has 3 aromatic rings. The van der Waals surface area contributed by atoms with Gasteiger partial charge in [0.05, 0.1) is 17.0 Å². The van der Waals surface area contributed by atoms with Crippen molar-refractivity contribution in [3.05, 3.63) is 75.8 Å². The van der Waals surface area contributed by atoms with E-state index in [-0.39, 0.29) is 5.91 Å². The van der Waals surface area contributed by atoms with E-state index in [0.29, 0.717) is 10.7 Å². The van der Waals surface area contributed by atoms with Gasteiger partial charge in [-0.25, -0.2) is 4.98 Å². The Morgan fingerprint density at radius 1 is 1.20 bits per heavy atom. The number of aliphatic imine (C=N–C) groups is 1. The maximum Gasteiger partial charge on any atom is 0.259 e. The number of likely N-dealkylation sites (tertiary alicyclic amines) is 1. The first-order valence-electron chi connectivity index (χ1n) is 10.4. The second-order valence-corrected chi connectivity index (χ2v) is 8.87. The van der Waals surface area contributed by atoms with Crippen LogP contribution in [-0.2, 0) is 13.0 Å². The number of nitrogens with one attached hydrogen (secondary N) is 1. The zero-order valence-electron chi connectivity index (χ0n) is 17.0. The van der Waals surface area contributed by atoms with E-state index in [4.69, 9.17) is 4.99 Å². The molecule has 5 nitrogen and oxygen atoms in total. The number of nitrogens with zero attached hydrogens (tertiary/aromatic N) is 3. The standard InChI is InChI=1S/C24H24N4OS/c1-16-7-8-17(15-28-10-2-3-11-28)13-20(16)21-14-18-5-4-6-19(22(18)26-21)23(29)27-24-25-9-12-30-24/h4-9,12-13H,2-3,10-11,14-15H2,1H3,(H,25,27,29). The zero-order valence-corrected chi connectivity index (χ0v) is 17.8. The topological polar surface area (TPSA) is 57.6 Å². The first kappa shape index (κ1) is 19.2. The summed E-state index contributed by atoms with van der Waals surface area (Å²) in [4.78, 5) is 24.4. The molecule has 0 atom stereocenters. The quantitative estimate of drug-likeness (QED) is 0.638. The van der Waals surface area contributed by atoms with Gasteiger partial charge in [0, 0.05) is 24.5 Å². The number of benzene rings is 2. The van der Waals surface area contributed by atoms with E-state index < -0.39 is 0 Å². The van der Waals surface area contributed by atoms with Crippen LogP contribution < -0.4 is 5.32 Å². The van der Waals surface area contributed by atoms with E-state index >= 15 is 0 Å². The minimum Gasteiger partial charge on any atom is -0.299 e. The van der Waals surface area contributed by atoms with Crippen molar-refractivity contribution in [2.45, 2.75) is 32.7 Å². The monoisotopic (exact) mass is 416 g/mol. The number of amides is 1. The molecule has 2 aliphatic rings. The number of aromatic nitrogens is 1. The fourth-order valence-electron chi connectivity index (χ4n) is 4.29. The molecule has 0 aliphatic carbocycles. The van der Waals surface area contributed by atoms with Crippen LogP contribution in [0.1, 0.15) is 45.5 Å². The molecule has 3 heterocycles. The number of anilines is 1. The van der Waals surface area contributed by atoms with E-state index in [2.05, 4.69) is 46.4 Å². The van der Waals surface area contributed by atoms with E-state index in [1.165, 1.54) is 54.0 Å². The smallest absolute Gasteiger partial charge is 0.259 e. The molecule has 6 heteroatoms. The molecule has 2 aromatic carbocycles. The lowest BCUT2D eigenvalue weighted by Gasteiger charge is -2.16. The van der Waals surface area contributed by atoms with Crippen LogP contribution in [0.4, 0.5) is 10.8 Å². The van der Waals surface area contributed by atoms with Crippen molar-refractivity contribution < 1.29 is 4.79 Å². The Labute approximate surface area is 180 Å². The number of rotatable bonds is 5. The van der Waals surface area contributed by atoms with Crippen LogP contribution in [0.15, 0.2) is 53.0 Å². The average Bonchev–Trinajstić information content (AvgIpc) is 3.50. The number of thiazole rings is 1. The summed E-state index contributed by atoms with van der Waals surface area (Å²) in [6.07, 6.45) is 5.03. The first-order chi connectivity index (χ1) is 14.7. The first-order valence-corrected chi connectivity index (χ1v) is 11.3. The summed E-state index contributed by atoms with van der Waals surface area (Å²) in [7, 11) is 0. The molecule has 5 rings (SSSR count). The molecule has 0 unspecified atom stereocenters.